The minimum absolute atomic E-state index is 0.0659. The van der Waals surface area contributed by atoms with Gasteiger partial charge in [0.2, 0.25) is 0 Å². The zero-order valence-electron chi connectivity index (χ0n) is 18.6. The van der Waals surface area contributed by atoms with E-state index in [1.54, 1.807) is 13.0 Å². The van der Waals surface area contributed by atoms with Crippen LogP contribution in [0.5, 0.6) is 5.75 Å². The number of benzene rings is 3. The van der Waals surface area contributed by atoms with Crippen molar-refractivity contribution in [1.82, 2.24) is 4.57 Å². The number of aryl methyl sites for hydroxylation is 2. The average molecular weight is 444 g/mol. The van der Waals surface area contributed by atoms with Crippen LogP contribution in [0.3, 0.4) is 0 Å². The molecule has 3 aromatic carbocycles. The van der Waals surface area contributed by atoms with Gasteiger partial charge >= 0.3 is 5.97 Å². The molecule has 1 aromatic heterocycles. The van der Waals surface area contributed by atoms with Gasteiger partial charge in [0.15, 0.2) is 0 Å². The van der Waals surface area contributed by atoms with E-state index in [0.29, 0.717) is 24.5 Å². The van der Waals surface area contributed by atoms with E-state index < -0.39 is 5.97 Å². The summed E-state index contributed by atoms with van der Waals surface area (Å²) >= 11 is 0. The number of fused-ring (bicyclic) bond motifs is 1. The molecule has 0 radical (unpaired) electrons. The fourth-order valence-electron chi connectivity index (χ4n) is 4.51. The number of nitrogens with zero attached hydrogens (tertiary/aromatic N) is 1. The Balaban J connectivity index is 1.62. The molecular formula is C28H26FNO3. The number of hydrogen-bond donors (Lipinski definition) is 1. The van der Waals surface area contributed by atoms with E-state index in [4.69, 9.17) is 4.74 Å². The van der Waals surface area contributed by atoms with Crippen molar-refractivity contribution in [3.05, 3.63) is 94.9 Å². The molecule has 1 heterocycles. The van der Waals surface area contributed by atoms with Gasteiger partial charge in [-0.15, -0.1) is 0 Å². The molecule has 1 aliphatic carbocycles. The van der Waals surface area contributed by atoms with Gasteiger partial charge in [0.1, 0.15) is 18.2 Å². The number of aromatic nitrogens is 1. The molecule has 33 heavy (non-hydrogen) atoms. The Morgan fingerprint density at radius 1 is 1.09 bits per heavy atom. The van der Waals surface area contributed by atoms with Gasteiger partial charge in [-0.1, -0.05) is 30.3 Å². The van der Waals surface area contributed by atoms with E-state index in [9.17, 15) is 14.3 Å². The first-order valence-corrected chi connectivity index (χ1v) is 11.3. The monoisotopic (exact) mass is 443 g/mol. The molecule has 0 bridgehead atoms. The van der Waals surface area contributed by atoms with Crippen LogP contribution in [0, 0.1) is 12.7 Å². The molecule has 0 amide bonds. The van der Waals surface area contributed by atoms with Crippen molar-refractivity contribution in [3.8, 4) is 11.4 Å². The number of rotatable bonds is 8. The van der Waals surface area contributed by atoms with Crippen LogP contribution in [0.15, 0.2) is 66.7 Å². The van der Waals surface area contributed by atoms with E-state index >= 15 is 0 Å². The molecule has 4 nitrogen and oxygen atoms in total. The molecular weight excluding hydrogens is 417 g/mol. The highest BCUT2D eigenvalue weighted by atomic mass is 19.1. The number of aliphatic carboxylic acids is 1. The zero-order valence-corrected chi connectivity index (χ0v) is 18.6. The Labute approximate surface area is 192 Å². The minimum atomic E-state index is -0.813. The molecule has 5 rings (SSSR count). The summed E-state index contributed by atoms with van der Waals surface area (Å²) < 4.78 is 22.3. The van der Waals surface area contributed by atoms with Gasteiger partial charge in [0.25, 0.3) is 0 Å². The number of hydrogen-bond acceptors (Lipinski definition) is 2. The second-order valence-electron chi connectivity index (χ2n) is 8.75. The summed E-state index contributed by atoms with van der Waals surface area (Å²) in [5.74, 6) is 0.0931. The van der Waals surface area contributed by atoms with Gasteiger partial charge in [0.05, 0.1) is 5.52 Å². The van der Waals surface area contributed by atoms with Gasteiger partial charge in [-0.3, -0.25) is 4.79 Å². The molecule has 168 valence electrons. The normalized spacial score (nSPS) is 13.4. The molecule has 0 atom stereocenters. The number of halogens is 1. The van der Waals surface area contributed by atoms with Crippen molar-refractivity contribution in [1.29, 1.82) is 0 Å². The van der Waals surface area contributed by atoms with Crippen molar-refractivity contribution >= 4 is 16.9 Å². The summed E-state index contributed by atoms with van der Waals surface area (Å²) in [6, 6.07) is 21.2. The molecule has 0 aliphatic heterocycles. The topological polar surface area (TPSA) is 51.5 Å². The lowest BCUT2D eigenvalue weighted by Gasteiger charge is -2.13. The van der Waals surface area contributed by atoms with Crippen LogP contribution in [0.2, 0.25) is 0 Å². The van der Waals surface area contributed by atoms with Crippen LogP contribution in [-0.2, 0) is 17.8 Å². The molecule has 0 spiro atoms. The van der Waals surface area contributed by atoms with E-state index in [1.165, 1.54) is 6.07 Å². The summed E-state index contributed by atoms with van der Waals surface area (Å²) in [4.78, 5) is 11.4. The van der Waals surface area contributed by atoms with Gasteiger partial charge in [-0.25, -0.2) is 4.39 Å². The van der Waals surface area contributed by atoms with Crippen molar-refractivity contribution in [2.75, 3.05) is 0 Å². The summed E-state index contributed by atoms with van der Waals surface area (Å²) in [5, 5.41) is 10.4. The highest BCUT2D eigenvalue weighted by Gasteiger charge is 2.32. The quantitative estimate of drug-likeness (QED) is 0.336. The molecule has 1 saturated carbocycles. The minimum Gasteiger partial charge on any atom is -0.489 e. The lowest BCUT2D eigenvalue weighted by atomic mass is 10.0. The molecule has 0 unspecified atom stereocenters. The lowest BCUT2D eigenvalue weighted by molar-refractivity contribution is -0.136. The summed E-state index contributed by atoms with van der Waals surface area (Å²) in [5.41, 5.74) is 5.78. The third-order valence-electron chi connectivity index (χ3n) is 6.29. The first-order chi connectivity index (χ1) is 16.0. The van der Waals surface area contributed by atoms with Gasteiger partial charge < -0.3 is 14.4 Å². The second kappa shape index (κ2) is 8.74. The van der Waals surface area contributed by atoms with Crippen LogP contribution in [0.4, 0.5) is 4.39 Å². The lowest BCUT2D eigenvalue weighted by Crippen LogP contribution is -2.04. The van der Waals surface area contributed by atoms with Crippen LogP contribution >= 0.6 is 0 Å². The van der Waals surface area contributed by atoms with Crippen LogP contribution in [0.1, 0.15) is 47.6 Å². The second-order valence-corrected chi connectivity index (χ2v) is 8.75. The van der Waals surface area contributed by atoms with E-state index in [0.717, 1.165) is 52.0 Å². The van der Waals surface area contributed by atoms with Crippen LogP contribution < -0.4 is 4.74 Å². The summed E-state index contributed by atoms with van der Waals surface area (Å²) in [6.45, 7) is 2.23. The molecule has 1 fully saturated rings. The van der Waals surface area contributed by atoms with Gasteiger partial charge in [-0.2, -0.15) is 0 Å². The number of carboxylic acids is 1. The Kier molecular flexibility index (Phi) is 5.63. The Hall–Kier alpha value is -3.60. The maximum absolute atomic E-state index is 14.0. The smallest absolute Gasteiger partial charge is 0.303 e. The number of ether oxygens (including phenoxy) is 1. The van der Waals surface area contributed by atoms with Crippen molar-refractivity contribution in [2.24, 2.45) is 0 Å². The van der Waals surface area contributed by atoms with E-state index in [-0.39, 0.29) is 12.2 Å². The maximum atomic E-state index is 14.0. The predicted molar refractivity (Wildman–Crippen MR) is 127 cm³/mol. The number of carbonyl (C=O) groups is 1. The predicted octanol–water partition coefficient (Wildman–Crippen LogP) is 6.55. The average Bonchev–Trinajstić information content (AvgIpc) is 3.60. The third-order valence-corrected chi connectivity index (χ3v) is 6.29. The van der Waals surface area contributed by atoms with Crippen LogP contribution in [-0.4, -0.2) is 15.6 Å². The molecule has 0 saturated heterocycles. The van der Waals surface area contributed by atoms with E-state index in [1.807, 2.05) is 54.6 Å². The number of carboxylic acid groups (broad SMARTS) is 1. The Morgan fingerprint density at radius 2 is 1.88 bits per heavy atom. The first-order valence-electron chi connectivity index (χ1n) is 11.3. The Bertz CT molecular complexity index is 1320. The maximum Gasteiger partial charge on any atom is 0.303 e. The fourth-order valence-corrected chi connectivity index (χ4v) is 4.51. The van der Waals surface area contributed by atoms with Gasteiger partial charge in [-0.05, 0) is 85.2 Å². The van der Waals surface area contributed by atoms with E-state index in [2.05, 4.69) is 4.57 Å². The molecule has 5 heteroatoms. The fraction of sp³-hybridized carbons (Fsp3) is 0.250. The van der Waals surface area contributed by atoms with Gasteiger partial charge in [0, 0.05) is 23.2 Å². The molecule has 4 aromatic rings. The molecule has 1 aliphatic rings. The molecule has 1 N–H and O–H groups in total. The third kappa shape index (κ3) is 4.36. The highest BCUT2D eigenvalue weighted by Crippen LogP contribution is 2.47. The zero-order chi connectivity index (χ0) is 22.9. The first kappa shape index (κ1) is 21.3. The SMILES string of the molecule is Cc1cc(-n2c(C3CC3)c(CCC(=O)O)c3cc(OCc4ccccc4)ccc32)ccc1F. The summed E-state index contributed by atoms with van der Waals surface area (Å²) in [7, 11) is 0. The largest absolute Gasteiger partial charge is 0.489 e. The highest BCUT2D eigenvalue weighted by molar-refractivity contribution is 5.89. The Morgan fingerprint density at radius 3 is 2.58 bits per heavy atom. The van der Waals surface area contributed by atoms with Crippen molar-refractivity contribution < 1.29 is 19.0 Å². The van der Waals surface area contributed by atoms with Crippen molar-refractivity contribution in [3.63, 3.8) is 0 Å². The standard InChI is InChI=1S/C28H26FNO3/c1-18-15-21(9-12-25(18)29)30-26-13-10-22(33-17-19-5-3-2-4-6-19)16-24(26)23(11-14-27(31)32)28(30)20-7-8-20/h2-6,9-10,12-13,15-16,20H,7-8,11,14,17H2,1H3,(H,31,32). The van der Waals surface area contributed by atoms with Crippen molar-refractivity contribution in [2.45, 2.75) is 45.1 Å². The van der Waals surface area contributed by atoms with Crippen LogP contribution in [0.25, 0.3) is 16.6 Å². The summed E-state index contributed by atoms with van der Waals surface area (Å²) in [6.07, 6.45) is 2.67.